The van der Waals surface area contributed by atoms with Gasteiger partial charge in [-0.1, -0.05) is 18.2 Å². The lowest BCUT2D eigenvalue weighted by atomic mass is 9.93. The number of methoxy groups -OCH3 is 1. The van der Waals surface area contributed by atoms with Gasteiger partial charge >= 0.3 is 18.1 Å². The highest BCUT2D eigenvalue weighted by Gasteiger charge is 2.50. The Morgan fingerprint density at radius 3 is 2.41 bits per heavy atom. The van der Waals surface area contributed by atoms with Crippen molar-refractivity contribution < 1.29 is 47.2 Å². The van der Waals surface area contributed by atoms with Crippen molar-refractivity contribution in [1.82, 2.24) is 0 Å². The van der Waals surface area contributed by atoms with Gasteiger partial charge in [-0.3, -0.25) is 0 Å². The van der Waals surface area contributed by atoms with E-state index in [-0.39, 0.29) is 12.2 Å². The van der Waals surface area contributed by atoms with Crippen LogP contribution in [0, 0.1) is 0 Å². The molecular weight excluding hydrogens is 373 g/mol. The Morgan fingerprint density at radius 2 is 1.93 bits per heavy atom. The maximum atomic E-state index is 12.9. The number of carbonyl (C=O) groups is 2. The van der Waals surface area contributed by atoms with Crippen molar-refractivity contribution in [2.75, 3.05) is 26.9 Å². The summed E-state index contributed by atoms with van der Waals surface area (Å²) in [4.78, 5) is 24.2. The summed E-state index contributed by atoms with van der Waals surface area (Å²) in [6.45, 7) is 0.281. The molecule has 0 aliphatic heterocycles. The van der Waals surface area contributed by atoms with Gasteiger partial charge in [-0.15, -0.1) is 0 Å². The van der Waals surface area contributed by atoms with Crippen molar-refractivity contribution in [3.8, 4) is 0 Å². The first-order chi connectivity index (χ1) is 12.6. The number of rotatable bonds is 10. The molecule has 0 saturated heterocycles. The molecule has 0 radical (unpaired) electrons. The molecule has 2 atom stereocenters. The number of alkyl halides is 3. The Kier molecular flexibility index (Phi) is 8.20. The zero-order valence-electron chi connectivity index (χ0n) is 14.8. The van der Waals surface area contributed by atoms with Crippen molar-refractivity contribution in [2.45, 2.75) is 31.2 Å². The van der Waals surface area contributed by atoms with E-state index in [4.69, 9.17) is 19.3 Å². The van der Waals surface area contributed by atoms with E-state index < -0.39 is 55.0 Å². The smallest absolute Gasteiger partial charge is 0.416 e. The number of carboxylic acid groups (broad SMARTS) is 1. The van der Waals surface area contributed by atoms with Gasteiger partial charge in [-0.2, -0.15) is 13.2 Å². The number of carbonyl (C=O) groups excluding carboxylic acids is 1. The Balaban J connectivity index is 3.27. The number of esters is 1. The van der Waals surface area contributed by atoms with Gasteiger partial charge in [0.1, 0.15) is 6.10 Å². The second kappa shape index (κ2) is 9.67. The van der Waals surface area contributed by atoms with Crippen molar-refractivity contribution in [2.24, 2.45) is 0 Å². The number of halogens is 3. The normalized spacial score (nSPS) is 15.0. The van der Waals surface area contributed by atoms with Crippen LogP contribution in [0.2, 0.25) is 0 Å². The molecule has 0 aromatic heterocycles. The van der Waals surface area contributed by atoms with E-state index in [0.717, 1.165) is 18.2 Å². The monoisotopic (exact) mass is 394 g/mol. The van der Waals surface area contributed by atoms with E-state index in [1.165, 1.54) is 20.1 Å². The van der Waals surface area contributed by atoms with Crippen molar-refractivity contribution in [3.05, 3.63) is 35.4 Å². The Morgan fingerprint density at radius 1 is 1.26 bits per heavy atom. The largest absolute Gasteiger partial charge is 0.479 e. The minimum atomic E-state index is -4.63. The van der Waals surface area contributed by atoms with Crippen LogP contribution in [0.5, 0.6) is 0 Å². The summed E-state index contributed by atoms with van der Waals surface area (Å²) in [6, 6.07) is 3.90. The number of aliphatic carboxylic acids is 1. The topological polar surface area (TPSA) is 102 Å². The summed E-state index contributed by atoms with van der Waals surface area (Å²) < 4.78 is 53.6. The van der Waals surface area contributed by atoms with E-state index in [0.29, 0.717) is 0 Å². The molecule has 1 rings (SSSR count). The zero-order valence-corrected chi connectivity index (χ0v) is 14.8. The summed E-state index contributed by atoms with van der Waals surface area (Å²) in [6.07, 6.45) is -6.27. The third-order valence-electron chi connectivity index (χ3n) is 3.71. The second-order valence-electron chi connectivity index (χ2n) is 5.58. The Labute approximate surface area is 153 Å². The summed E-state index contributed by atoms with van der Waals surface area (Å²) in [5, 5.41) is 18.7. The molecule has 10 heteroatoms. The van der Waals surface area contributed by atoms with Gasteiger partial charge < -0.3 is 24.4 Å². The first-order valence-electron chi connectivity index (χ1n) is 7.95. The Bertz CT molecular complexity index is 644. The first kappa shape index (κ1) is 22.9. The third-order valence-corrected chi connectivity index (χ3v) is 3.71. The van der Waals surface area contributed by atoms with Crippen molar-refractivity contribution in [1.29, 1.82) is 0 Å². The van der Waals surface area contributed by atoms with Gasteiger partial charge in [0, 0.05) is 13.5 Å². The van der Waals surface area contributed by atoms with Crippen LogP contribution < -0.4 is 0 Å². The molecule has 152 valence electrons. The van der Waals surface area contributed by atoms with Crippen LogP contribution in [-0.2, 0) is 36.4 Å². The lowest BCUT2D eigenvalue weighted by molar-refractivity contribution is -0.192. The number of aliphatic hydroxyl groups is 1. The van der Waals surface area contributed by atoms with Gasteiger partial charge in [0.15, 0.2) is 0 Å². The van der Waals surface area contributed by atoms with Crippen LogP contribution in [0.25, 0.3) is 0 Å². The number of aliphatic hydroxyl groups excluding tert-OH is 1. The third kappa shape index (κ3) is 5.91. The molecule has 27 heavy (non-hydrogen) atoms. The molecule has 0 aliphatic rings. The van der Waals surface area contributed by atoms with Gasteiger partial charge in [0.05, 0.1) is 25.4 Å². The molecular formula is C17H21F3O7. The number of ether oxygens (including phenoxy) is 3. The van der Waals surface area contributed by atoms with Crippen LogP contribution in [0.1, 0.15) is 18.1 Å². The quantitative estimate of drug-likeness (QED) is 0.460. The van der Waals surface area contributed by atoms with Crippen LogP contribution in [-0.4, -0.2) is 60.8 Å². The van der Waals surface area contributed by atoms with Gasteiger partial charge in [-0.05, 0) is 18.6 Å². The molecule has 0 aliphatic carbocycles. The van der Waals surface area contributed by atoms with Crippen LogP contribution in [0.3, 0.4) is 0 Å². The van der Waals surface area contributed by atoms with Crippen molar-refractivity contribution in [3.63, 3.8) is 0 Å². The molecule has 1 unspecified atom stereocenters. The van der Waals surface area contributed by atoms with Gasteiger partial charge in [0.25, 0.3) is 5.60 Å². The van der Waals surface area contributed by atoms with Crippen LogP contribution in [0.15, 0.2) is 24.3 Å². The van der Waals surface area contributed by atoms with E-state index in [9.17, 15) is 27.9 Å². The Hall–Kier alpha value is -2.17. The molecule has 0 heterocycles. The summed E-state index contributed by atoms with van der Waals surface area (Å²) in [5.41, 5.74) is -3.67. The van der Waals surface area contributed by atoms with Gasteiger partial charge in [-0.25, -0.2) is 9.59 Å². The SMILES string of the molecule is CCOC(=O)C(Cc1cccc(C(F)(F)F)c1)(OC[C@H](CO)OC)C(=O)O. The highest BCUT2D eigenvalue weighted by Crippen LogP contribution is 2.31. The van der Waals surface area contributed by atoms with E-state index in [1.54, 1.807) is 0 Å². The van der Waals surface area contributed by atoms with Crippen LogP contribution >= 0.6 is 0 Å². The predicted molar refractivity (Wildman–Crippen MR) is 86.0 cm³/mol. The number of hydrogen-bond acceptors (Lipinski definition) is 6. The summed E-state index contributed by atoms with van der Waals surface area (Å²) >= 11 is 0. The lowest BCUT2D eigenvalue weighted by Gasteiger charge is -2.29. The molecule has 0 spiro atoms. The molecule has 2 N–H and O–H groups in total. The fourth-order valence-electron chi connectivity index (χ4n) is 2.23. The number of hydrogen-bond donors (Lipinski definition) is 2. The van der Waals surface area contributed by atoms with Crippen LogP contribution in [0.4, 0.5) is 13.2 Å². The standard InChI is InChI=1S/C17H21F3O7/c1-3-26-15(24)16(14(22)23,27-10-13(9-21)25-2)8-11-5-4-6-12(7-11)17(18,19)20/h4-7,13,21H,3,8-10H2,1-2H3,(H,22,23)/t13-,16?/m0/s1. The fraction of sp³-hybridized carbons (Fsp3) is 0.529. The molecule has 1 aromatic carbocycles. The second-order valence-corrected chi connectivity index (χ2v) is 5.58. The number of carboxylic acids is 1. The molecule has 0 bridgehead atoms. The zero-order chi connectivity index (χ0) is 20.7. The molecule has 0 saturated carbocycles. The average molecular weight is 394 g/mol. The predicted octanol–water partition coefficient (Wildman–Crippen LogP) is 1.66. The molecule has 1 aromatic rings. The van der Waals surface area contributed by atoms with Crippen molar-refractivity contribution >= 4 is 11.9 Å². The van der Waals surface area contributed by atoms with E-state index in [1.807, 2.05) is 0 Å². The van der Waals surface area contributed by atoms with E-state index >= 15 is 0 Å². The van der Waals surface area contributed by atoms with E-state index in [2.05, 4.69) is 0 Å². The molecule has 0 fully saturated rings. The summed E-state index contributed by atoms with van der Waals surface area (Å²) in [7, 11) is 1.24. The van der Waals surface area contributed by atoms with Gasteiger partial charge in [0.2, 0.25) is 0 Å². The highest BCUT2D eigenvalue weighted by molar-refractivity contribution is 6.03. The first-order valence-corrected chi connectivity index (χ1v) is 7.95. The maximum Gasteiger partial charge on any atom is 0.416 e. The average Bonchev–Trinajstić information content (AvgIpc) is 2.61. The fourth-order valence-corrected chi connectivity index (χ4v) is 2.23. The molecule has 7 nitrogen and oxygen atoms in total. The summed E-state index contributed by atoms with van der Waals surface area (Å²) in [5.74, 6) is -2.99. The lowest BCUT2D eigenvalue weighted by Crippen LogP contribution is -2.53. The molecule has 0 amide bonds. The minimum Gasteiger partial charge on any atom is -0.479 e. The highest BCUT2D eigenvalue weighted by atomic mass is 19.4. The maximum absolute atomic E-state index is 12.9. The number of benzene rings is 1. The minimum absolute atomic E-state index is 0.0850.